The van der Waals surface area contributed by atoms with Crippen LogP contribution in [-0.4, -0.2) is 35.4 Å². The van der Waals surface area contributed by atoms with Gasteiger partial charge in [0.05, 0.1) is 11.7 Å². The molecule has 7 atom stereocenters. The van der Waals surface area contributed by atoms with Gasteiger partial charge in [-0.25, -0.2) is 0 Å². The standard InChI is InChI=1S/C28H38F3NO3/c1-17-4-9-23-22(15-32-25(35)18-5-7-19(8-6-18)28(29,30)31)24(11-13-26(17,23)2)27(3)12-10-21(34)14-20(27)16-33/h5-8,20-24,33-34H,1,4,9-16H2,2-3H3,(H,32,35)/t20-,21+,22+,23+,24+,26-,27-/m1/s1. The molecule has 0 spiro atoms. The molecule has 194 valence electrons. The van der Waals surface area contributed by atoms with E-state index < -0.39 is 17.8 Å². The number of allylic oxidation sites excluding steroid dienone is 1. The first-order valence-corrected chi connectivity index (χ1v) is 12.8. The second kappa shape index (κ2) is 9.55. The number of hydrogen-bond donors (Lipinski definition) is 3. The number of halogens is 3. The smallest absolute Gasteiger partial charge is 0.396 e. The lowest BCUT2D eigenvalue weighted by Gasteiger charge is -2.56. The Morgan fingerprint density at radius 2 is 1.80 bits per heavy atom. The van der Waals surface area contributed by atoms with E-state index in [-0.39, 0.29) is 46.7 Å². The largest absolute Gasteiger partial charge is 0.416 e. The van der Waals surface area contributed by atoms with Gasteiger partial charge in [0, 0.05) is 18.7 Å². The van der Waals surface area contributed by atoms with E-state index in [9.17, 15) is 28.2 Å². The predicted molar refractivity (Wildman–Crippen MR) is 129 cm³/mol. The van der Waals surface area contributed by atoms with Crippen molar-refractivity contribution in [3.05, 3.63) is 47.5 Å². The van der Waals surface area contributed by atoms with Crippen molar-refractivity contribution in [1.82, 2.24) is 5.32 Å². The molecule has 3 N–H and O–H groups in total. The minimum absolute atomic E-state index is 0.00155. The van der Waals surface area contributed by atoms with Crippen LogP contribution in [0.25, 0.3) is 0 Å². The van der Waals surface area contributed by atoms with Gasteiger partial charge in [0.2, 0.25) is 0 Å². The van der Waals surface area contributed by atoms with Crippen LogP contribution in [0.15, 0.2) is 36.4 Å². The Balaban J connectivity index is 1.57. The van der Waals surface area contributed by atoms with Crippen molar-refractivity contribution in [2.75, 3.05) is 13.2 Å². The summed E-state index contributed by atoms with van der Waals surface area (Å²) in [6, 6.07) is 4.33. The van der Waals surface area contributed by atoms with Gasteiger partial charge in [-0.2, -0.15) is 13.2 Å². The first kappa shape index (κ1) is 26.2. The molecule has 4 nitrogen and oxygen atoms in total. The Hall–Kier alpha value is -1.86. The van der Waals surface area contributed by atoms with Crippen molar-refractivity contribution in [2.24, 2.45) is 34.5 Å². The molecule has 3 fully saturated rings. The van der Waals surface area contributed by atoms with Crippen molar-refractivity contribution in [2.45, 2.75) is 71.1 Å². The minimum Gasteiger partial charge on any atom is -0.396 e. The van der Waals surface area contributed by atoms with Gasteiger partial charge in [-0.15, -0.1) is 0 Å². The lowest BCUT2D eigenvalue weighted by Crippen LogP contribution is -2.53. The Labute approximate surface area is 206 Å². The fourth-order valence-electron chi connectivity index (χ4n) is 7.59. The average Bonchev–Trinajstić information content (AvgIpc) is 3.12. The second-order valence-electron chi connectivity index (χ2n) is 11.6. The van der Waals surface area contributed by atoms with Crippen molar-refractivity contribution in [3.8, 4) is 0 Å². The number of fused-ring (bicyclic) bond motifs is 1. The van der Waals surface area contributed by atoms with Crippen LogP contribution in [0.1, 0.15) is 74.7 Å². The predicted octanol–water partition coefficient (Wildman–Crippen LogP) is 5.59. The quantitative estimate of drug-likeness (QED) is 0.468. The average molecular weight is 494 g/mol. The van der Waals surface area contributed by atoms with Crippen molar-refractivity contribution < 1.29 is 28.2 Å². The van der Waals surface area contributed by atoms with E-state index in [1.807, 2.05) is 0 Å². The van der Waals surface area contributed by atoms with E-state index in [1.54, 1.807) is 0 Å². The van der Waals surface area contributed by atoms with Crippen LogP contribution in [0.3, 0.4) is 0 Å². The molecule has 0 heterocycles. The highest BCUT2D eigenvalue weighted by molar-refractivity contribution is 5.94. The van der Waals surface area contributed by atoms with E-state index in [1.165, 1.54) is 17.7 Å². The van der Waals surface area contributed by atoms with Gasteiger partial charge in [-0.1, -0.05) is 26.0 Å². The summed E-state index contributed by atoms with van der Waals surface area (Å²) >= 11 is 0. The van der Waals surface area contributed by atoms with Crippen LogP contribution in [0.2, 0.25) is 0 Å². The summed E-state index contributed by atoms with van der Waals surface area (Å²) in [6.07, 6.45) is 1.27. The molecule has 3 saturated carbocycles. The number of aliphatic hydroxyl groups is 2. The molecule has 0 aromatic heterocycles. The Morgan fingerprint density at radius 3 is 2.43 bits per heavy atom. The van der Waals surface area contributed by atoms with E-state index in [0.717, 1.165) is 44.2 Å². The number of rotatable bonds is 5. The molecule has 0 saturated heterocycles. The van der Waals surface area contributed by atoms with E-state index in [2.05, 4.69) is 25.7 Å². The van der Waals surface area contributed by atoms with Crippen LogP contribution < -0.4 is 5.32 Å². The first-order chi connectivity index (χ1) is 16.4. The number of benzene rings is 1. The SMILES string of the molecule is C=C1CC[C@H]2[C@H](CNC(=O)c3ccc(C(F)(F)F)cc3)[C@@H]([C@]3(C)CC[C@H](O)C[C@@H]3CO)CC[C@]12C. The third-order valence-corrected chi connectivity index (χ3v) is 9.94. The van der Waals surface area contributed by atoms with Gasteiger partial charge >= 0.3 is 6.18 Å². The summed E-state index contributed by atoms with van der Waals surface area (Å²) in [5.41, 5.74) is 0.568. The molecule has 7 heteroatoms. The van der Waals surface area contributed by atoms with Gasteiger partial charge < -0.3 is 15.5 Å². The van der Waals surface area contributed by atoms with E-state index in [0.29, 0.717) is 25.3 Å². The molecular formula is C28H38F3NO3. The normalized spacial score (nSPS) is 37.7. The number of amides is 1. The third-order valence-electron chi connectivity index (χ3n) is 9.94. The zero-order chi connectivity index (χ0) is 25.6. The lowest BCUT2D eigenvalue weighted by molar-refractivity contribution is -0.137. The zero-order valence-corrected chi connectivity index (χ0v) is 20.7. The number of hydrogen-bond acceptors (Lipinski definition) is 3. The van der Waals surface area contributed by atoms with Crippen LogP contribution in [0, 0.1) is 34.5 Å². The molecule has 1 aromatic rings. The van der Waals surface area contributed by atoms with Crippen LogP contribution in [0.4, 0.5) is 13.2 Å². The van der Waals surface area contributed by atoms with Gasteiger partial charge in [0.15, 0.2) is 0 Å². The summed E-state index contributed by atoms with van der Waals surface area (Å²) < 4.78 is 38.7. The van der Waals surface area contributed by atoms with Crippen molar-refractivity contribution in [3.63, 3.8) is 0 Å². The molecule has 0 unspecified atom stereocenters. The third kappa shape index (κ3) is 4.78. The molecular weight excluding hydrogens is 455 g/mol. The molecule has 0 bridgehead atoms. The summed E-state index contributed by atoms with van der Waals surface area (Å²) in [5, 5.41) is 23.5. The first-order valence-electron chi connectivity index (χ1n) is 12.8. The molecule has 4 rings (SSSR count). The highest BCUT2D eigenvalue weighted by Gasteiger charge is 2.56. The Kier molecular flexibility index (Phi) is 7.15. The molecule has 3 aliphatic rings. The van der Waals surface area contributed by atoms with Gasteiger partial charge in [0.25, 0.3) is 5.91 Å². The summed E-state index contributed by atoms with van der Waals surface area (Å²) in [6.45, 7) is 9.35. The topological polar surface area (TPSA) is 69.6 Å². The number of carbonyl (C=O) groups is 1. The lowest BCUT2D eigenvalue weighted by atomic mass is 9.49. The highest BCUT2D eigenvalue weighted by Crippen LogP contribution is 2.63. The highest BCUT2D eigenvalue weighted by atomic mass is 19.4. The van der Waals surface area contributed by atoms with E-state index in [4.69, 9.17) is 0 Å². The maximum atomic E-state index is 12.9. The van der Waals surface area contributed by atoms with Gasteiger partial charge in [-0.3, -0.25) is 4.79 Å². The van der Waals surface area contributed by atoms with Crippen molar-refractivity contribution >= 4 is 5.91 Å². The summed E-state index contributed by atoms with van der Waals surface area (Å²) in [7, 11) is 0. The molecule has 0 aliphatic heterocycles. The monoisotopic (exact) mass is 493 g/mol. The minimum atomic E-state index is -4.44. The number of alkyl halides is 3. The number of aliphatic hydroxyl groups excluding tert-OH is 2. The molecule has 35 heavy (non-hydrogen) atoms. The second-order valence-corrected chi connectivity index (χ2v) is 11.6. The Morgan fingerprint density at radius 1 is 1.11 bits per heavy atom. The van der Waals surface area contributed by atoms with Crippen molar-refractivity contribution in [1.29, 1.82) is 0 Å². The summed E-state index contributed by atoms with van der Waals surface area (Å²) in [4.78, 5) is 12.9. The Bertz CT molecular complexity index is 946. The fourth-order valence-corrected chi connectivity index (χ4v) is 7.59. The maximum Gasteiger partial charge on any atom is 0.416 e. The van der Waals surface area contributed by atoms with Gasteiger partial charge in [0.1, 0.15) is 0 Å². The fraction of sp³-hybridized carbons (Fsp3) is 0.679. The molecule has 0 radical (unpaired) electrons. The molecule has 3 aliphatic carbocycles. The molecule has 1 aromatic carbocycles. The summed E-state index contributed by atoms with van der Waals surface area (Å²) in [5.74, 6) is 0.414. The van der Waals surface area contributed by atoms with Crippen LogP contribution in [0.5, 0.6) is 0 Å². The van der Waals surface area contributed by atoms with Crippen LogP contribution in [-0.2, 0) is 6.18 Å². The van der Waals surface area contributed by atoms with Crippen LogP contribution >= 0.6 is 0 Å². The maximum absolute atomic E-state index is 12.9. The number of nitrogens with one attached hydrogen (secondary N) is 1. The van der Waals surface area contributed by atoms with Gasteiger partial charge in [-0.05, 0) is 104 Å². The zero-order valence-electron chi connectivity index (χ0n) is 20.7. The number of carbonyl (C=O) groups excluding carboxylic acids is 1. The van der Waals surface area contributed by atoms with E-state index >= 15 is 0 Å². The molecule has 1 amide bonds.